The van der Waals surface area contributed by atoms with Gasteiger partial charge in [-0.15, -0.1) is 0 Å². The summed E-state index contributed by atoms with van der Waals surface area (Å²) in [6, 6.07) is 12.7. The summed E-state index contributed by atoms with van der Waals surface area (Å²) >= 11 is 0. The maximum Gasteiger partial charge on any atom is 0.243 e. The number of benzene rings is 2. The average molecular weight is 600 g/mol. The third-order valence-corrected chi connectivity index (χ3v) is 10.2. The van der Waals surface area contributed by atoms with Crippen molar-refractivity contribution in [1.82, 2.24) is 25.4 Å². The Kier molecular flexibility index (Phi) is 11.2. The van der Waals surface area contributed by atoms with Crippen LogP contribution in [0.3, 0.4) is 0 Å². The van der Waals surface area contributed by atoms with Crippen molar-refractivity contribution in [2.75, 3.05) is 32.7 Å². The fraction of sp³-hybridized carbons (Fsp3) is 0.568. The van der Waals surface area contributed by atoms with E-state index in [0.29, 0.717) is 19.1 Å². The van der Waals surface area contributed by atoms with Crippen molar-refractivity contribution in [3.63, 3.8) is 0 Å². The number of amides is 2. The molecular weight excluding hydrogens is 546 g/mol. The summed E-state index contributed by atoms with van der Waals surface area (Å²) in [5.41, 5.74) is 7.34. The summed E-state index contributed by atoms with van der Waals surface area (Å²) in [5, 5.41) is 7.45. The van der Waals surface area contributed by atoms with Gasteiger partial charge in [-0.3, -0.25) is 19.4 Å². The molecule has 7 heteroatoms. The minimum Gasteiger partial charge on any atom is -0.361 e. The van der Waals surface area contributed by atoms with Crippen LogP contribution >= 0.6 is 0 Å². The number of aromatic amines is 1. The second-order valence-electron chi connectivity index (χ2n) is 12.9. The summed E-state index contributed by atoms with van der Waals surface area (Å²) in [4.78, 5) is 35.6. The fourth-order valence-electron chi connectivity index (χ4n) is 7.58. The van der Waals surface area contributed by atoms with Gasteiger partial charge in [0.1, 0.15) is 6.04 Å². The second-order valence-corrected chi connectivity index (χ2v) is 12.9. The van der Waals surface area contributed by atoms with E-state index in [1.165, 1.54) is 48.8 Å². The lowest BCUT2D eigenvalue weighted by Crippen LogP contribution is -2.55. The van der Waals surface area contributed by atoms with Crippen molar-refractivity contribution in [1.29, 1.82) is 0 Å². The van der Waals surface area contributed by atoms with Crippen LogP contribution in [0.1, 0.15) is 93.5 Å². The van der Waals surface area contributed by atoms with Crippen LogP contribution in [0.4, 0.5) is 0 Å². The zero-order valence-corrected chi connectivity index (χ0v) is 27.4. The van der Waals surface area contributed by atoms with E-state index in [2.05, 4.69) is 64.4 Å². The Balaban J connectivity index is 1.27. The molecule has 1 aliphatic heterocycles. The van der Waals surface area contributed by atoms with E-state index in [1.54, 1.807) is 0 Å². The number of rotatable bonds is 12. The van der Waals surface area contributed by atoms with Gasteiger partial charge in [0.25, 0.3) is 0 Å². The molecule has 2 atom stereocenters. The van der Waals surface area contributed by atoms with Crippen molar-refractivity contribution in [2.24, 2.45) is 0 Å². The molecule has 1 saturated heterocycles. The lowest BCUT2D eigenvalue weighted by molar-refractivity contribution is -0.130. The molecule has 2 fully saturated rings. The molecule has 5 rings (SSSR count). The van der Waals surface area contributed by atoms with E-state index in [-0.39, 0.29) is 17.7 Å². The maximum absolute atomic E-state index is 13.9. The number of nitrogens with zero attached hydrogens (tertiary/aromatic N) is 2. The first-order chi connectivity index (χ1) is 21.4. The number of hydrogen-bond acceptors (Lipinski definition) is 4. The van der Waals surface area contributed by atoms with Crippen LogP contribution in [-0.2, 0) is 35.4 Å². The summed E-state index contributed by atoms with van der Waals surface area (Å²) in [6.07, 6.45) is 11.6. The minimum atomic E-state index is -0.684. The maximum atomic E-state index is 13.9. The third kappa shape index (κ3) is 7.55. The highest BCUT2D eigenvalue weighted by Crippen LogP contribution is 2.28. The Morgan fingerprint density at radius 3 is 2.27 bits per heavy atom. The number of fused-ring (bicyclic) bond motifs is 1. The molecule has 0 bridgehead atoms. The van der Waals surface area contributed by atoms with E-state index >= 15 is 0 Å². The van der Waals surface area contributed by atoms with Crippen molar-refractivity contribution in [3.8, 4) is 0 Å². The lowest BCUT2D eigenvalue weighted by atomic mass is 9.91. The van der Waals surface area contributed by atoms with Crippen LogP contribution in [-0.4, -0.2) is 71.4 Å². The van der Waals surface area contributed by atoms with Crippen molar-refractivity contribution < 1.29 is 9.59 Å². The number of aromatic nitrogens is 1. The fourth-order valence-corrected chi connectivity index (χ4v) is 7.58. The Bertz CT molecular complexity index is 1370. The number of H-pyrrole nitrogens is 1. The van der Waals surface area contributed by atoms with Gasteiger partial charge in [-0.25, -0.2) is 0 Å². The SMILES string of the molecule is CCc1cc(CNC(=O)C(NC(=O)CN2CCN(C3CCCCC3)CC2)C(C)c2c[nH]c3ccccc23)cc(CC)c1CC. The molecular formula is C37H53N5O2. The number of aryl methyl sites for hydroxylation is 2. The number of nitrogens with one attached hydrogen (secondary N) is 3. The van der Waals surface area contributed by atoms with Gasteiger partial charge < -0.3 is 15.6 Å². The summed E-state index contributed by atoms with van der Waals surface area (Å²) in [5.74, 6) is -0.441. The van der Waals surface area contributed by atoms with Crippen LogP contribution in [0.2, 0.25) is 0 Å². The van der Waals surface area contributed by atoms with Gasteiger partial charge in [0.2, 0.25) is 11.8 Å². The summed E-state index contributed by atoms with van der Waals surface area (Å²) in [7, 11) is 0. The summed E-state index contributed by atoms with van der Waals surface area (Å²) < 4.78 is 0. The molecule has 1 aliphatic carbocycles. The molecule has 1 aromatic heterocycles. The molecule has 3 N–H and O–H groups in total. The Morgan fingerprint density at radius 2 is 1.61 bits per heavy atom. The molecule has 2 aliphatic rings. The second kappa shape index (κ2) is 15.2. The first kappa shape index (κ1) is 32.2. The zero-order chi connectivity index (χ0) is 31.1. The van der Waals surface area contributed by atoms with Crippen LogP contribution < -0.4 is 10.6 Å². The number of para-hydroxylation sites is 1. The predicted molar refractivity (Wildman–Crippen MR) is 180 cm³/mol. The third-order valence-electron chi connectivity index (χ3n) is 10.2. The first-order valence-electron chi connectivity index (χ1n) is 17.1. The average Bonchev–Trinajstić information content (AvgIpc) is 3.50. The van der Waals surface area contributed by atoms with Crippen LogP contribution in [0.5, 0.6) is 0 Å². The van der Waals surface area contributed by atoms with E-state index in [4.69, 9.17) is 0 Å². The smallest absolute Gasteiger partial charge is 0.243 e. The van der Waals surface area contributed by atoms with Crippen LogP contribution in [0, 0.1) is 0 Å². The molecule has 0 spiro atoms. The zero-order valence-electron chi connectivity index (χ0n) is 27.4. The van der Waals surface area contributed by atoms with Gasteiger partial charge in [0, 0.05) is 61.8 Å². The van der Waals surface area contributed by atoms with E-state index in [0.717, 1.165) is 67.5 Å². The number of carbonyl (C=O) groups excluding carboxylic acids is 2. The topological polar surface area (TPSA) is 80.5 Å². The molecule has 3 aromatic rings. The highest BCUT2D eigenvalue weighted by molar-refractivity contribution is 5.91. The van der Waals surface area contributed by atoms with E-state index < -0.39 is 6.04 Å². The molecule has 1 saturated carbocycles. The van der Waals surface area contributed by atoms with Crippen molar-refractivity contribution in [3.05, 3.63) is 70.4 Å². The highest BCUT2D eigenvalue weighted by atomic mass is 16.2. The largest absolute Gasteiger partial charge is 0.361 e. The molecule has 2 unspecified atom stereocenters. The van der Waals surface area contributed by atoms with Gasteiger partial charge in [-0.1, -0.05) is 77.3 Å². The highest BCUT2D eigenvalue weighted by Gasteiger charge is 2.31. The van der Waals surface area contributed by atoms with Gasteiger partial charge in [-0.2, -0.15) is 0 Å². The van der Waals surface area contributed by atoms with Gasteiger partial charge in [0.05, 0.1) is 6.54 Å². The quantitative estimate of drug-likeness (QED) is 0.249. The molecule has 44 heavy (non-hydrogen) atoms. The Labute approximate surface area is 264 Å². The monoisotopic (exact) mass is 599 g/mol. The van der Waals surface area contributed by atoms with E-state index in [9.17, 15) is 9.59 Å². The van der Waals surface area contributed by atoms with Gasteiger partial charge in [-0.05, 0) is 66.0 Å². The molecule has 2 aromatic carbocycles. The Hall–Kier alpha value is -3.16. The number of hydrogen-bond donors (Lipinski definition) is 3. The number of carbonyl (C=O) groups is 2. The minimum absolute atomic E-state index is 0.0863. The molecule has 7 nitrogen and oxygen atoms in total. The lowest BCUT2D eigenvalue weighted by Gasteiger charge is -2.40. The molecule has 2 heterocycles. The Morgan fingerprint density at radius 1 is 0.932 bits per heavy atom. The van der Waals surface area contributed by atoms with Crippen LogP contribution in [0.15, 0.2) is 42.6 Å². The van der Waals surface area contributed by atoms with Crippen LogP contribution in [0.25, 0.3) is 10.9 Å². The van der Waals surface area contributed by atoms with Crippen molar-refractivity contribution >= 4 is 22.7 Å². The standard InChI is InChI=1S/C37H53N5O2/c1-5-28-21-27(22-29(6-2)31(28)7-3)23-39-37(44)36(26(4)33-24-38-34-16-12-11-15-32(33)34)40-35(43)25-41-17-19-42(20-18-41)30-13-9-8-10-14-30/h11-12,15-16,21-22,24,26,30,36,38H,5-10,13-14,17-20,23,25H2,1-4H3,(H,39,44)(H,40,43). The number of piperazine rings is 1. The van der Waals surface area contributed by atoms with Crippen molar-refractivity contribution in [2.45, 2.75) is 104 Å². The van der Waals surface area contributed by atoms with Gasteiger partial charge >= 0.3 is 0 Å². The van der Waals surface area contributed by atoms with Gasteiger partial charge in [0.15, 0.2) is 0 Å². The normalized spacial score (nSPS) is 18.3. The molecule has 238 valence electrons. The molecule has 2 amide bonds. The first-order valence-corrected chi connectivity index (χ1v) is 17.1. The predicted octanol–water partition coefficient (Wildman–Crippen LogP) is 5.71. The van der Waals surface area contributed by atoms with E-state index in [1.807, 2.05) is 31.3 Å². The summed E-state index contributed by atoms with van der Waals surface area (Å²) in [6.45, 7) is 13.2. The molecule has 0 radical (unpaired) electrons.